The largest absolute Gasteiger partial charge is 0.394 e. The number of nitrogens with two attached hydrogens (primary N) is 1. The summed E-state index contributed by atoms with van der Waals surface area (Å²) in [6.45, 7) is -0.395. The Morgan fingerprint density at radius 2 is 2.09 bits per heavy atom. The van der Waals surface area contributed by atoms with Gasteiger partial charge >= 0.3 is 0 Å². The summed E-state index contributed by atoms with van der Waals surface area (Å²) in [6.07, 6.45) is -1.10. The molecule has 1 fully saturated rings. The molecular weight excluding hydrogens is 304 g/mol. The molecule has 0 unspecified atom stereocenters. The average Bonchev–Trinajstić information content (AvgIpc) is 3.05. The van der Waals surface area contributed by atoms with Crippen LogP contribution in [0.5, 0.6) is 0 Å². The maximum absolute atomic E-state index is 10.2. The molecule has 2 aromatic heterocycles. The predicted molar refractivity (Wildman–Crippen MR) is 79.7 cm³/mol. The van der Waals surface area contributed by atoms with E-state index in [0.29, 0.717) is 28.3 Å². The van der Waals surface area contributed by atoms with E-state index in [1.165, 1.54) is 6.33 Å². The Morgan fingerprint density at radius 3 is 2.78 bits per heavy atom. The molecular formula is C13H16N6O4. The van der Waals surface area contributed by atoms with Gasteiger partial charge in [-0.1, -0.05) is 0 Å². The lowest BCUT2D eigenvalue weighted by Crippen LogP contribution is -2.33. The molecule has 0 aromatic carbocycles. The lowest BCUT2D eigenvalue weighted by molar-refractivity contribution is -0.0508. The van der Waals surface area contributed by atoms with Crippen LogP contribution >= 0.6 is 0 Å². The van der Waals surface area contributed by atoms with E-state index in [-0.39, 0.29) is 0 Å². The molecule has 4 atom stereocenters. The van der Waals surface area contributed by atoms with Crippen molar-refractivity contribution >= 4 is 22.7 Å². The Labute approximate surface area is 130 Å². The first kappa shape index (κ1) is 14.3. The second-order valence-corrected chi connectivity index (χ2v) is 5.58. The van der Waals surface area contributed by atoms with Crippen molar-refractivity contribution < 1.29 is 20.1 Å². The molecule has 0 radical (unpaired) electrons. The van der Waals surface area contributed by atoms with Crippen LogP contribution < -0.4 is 10.7 Å². The van der Waals surface area contributed by atoms with E-state index in [0.717, 1.165) is 0 Å². The van der Waals surface area contributed by atoms with Crippen molar-refractivity contribution in [2.75, 3.05) is 18.7 Å². The van der Waals surface area contributed by atoms with Crippen molar-refractivity contribution in [1.82, 2.24) is 14.5 Å². The minimum absolute atomic E-state index is 0.297. The van der Waals surface area contributed by atoms with E-state index in [2.05, 4.69) is 15.1 Å². The highest BCUT2D eigenvalue weighted by Crippen LogP contribution is 2.36. The van der Waals surface area contributed by atoms with Crippen LogP contribution in [-0.2, 0) is 4.74 Å². The van der Waals surface area contributed by atoms with Crippen LogP contribution in [0.15, 0.2) is 17.6 Å². The summed E-state index contributed by atoms with van der Waals surface area (Å²) < 4.78 is 7.15. The number of rotatable bonds is 2. The quantitative estimate of drug-likeness (QED) is 0.503. The third-order valence-electron chi connectivity index (χ3n) is 4.22. The van der Waals surface area contributed by atoms with Gasteiger partial charge in [0.05, 0.1) is 12.0 Å². The van der Waals surface area contributed by atoms with Gasteiger partial charge in [-0.3, -0.25) is 0 Å². The average molecular weight is 320 g/mol. The first-order valence-electron chi connectivity index (χ1n) is 7.09. The summed E-state index contributed by atoms with van der Waals surface area (Å²) in [4.78, 5) is 8.45. The zero-order chi connectivity index (χ0) is 16.3. The summed E-state index contributed by atoms with van der Waals surface area (Å²) in [5, 5.41) is 35.9. The second-order valence-electron chi connectivity index (χ2n) is 5.58. The molecule has 0 amide bonds. The Hall–Kier alpha value is -2.27. The van der Waals surface area contributed by atoms with E-state index in [1.807, 2.05) is 0 Å². The number of hydrogen-bond donors (Lipinski definition) is 4. The molecule has 4 rings (SSSR count). The van der Waals surface area contributed by atoms with Gasteiger partial charge in [-0.2, -0.15) is 5.10 Å². The predicted octanol–water partition coefficient (Wildman–Crippen LogP) is -1.89. The lowest BCUT2D eigenvalue weighted by atomic mass is 10.1. The van der Waals surface area contributed by atoms with E-state index in [4.69, 9.17) is 10.5 Å². The third kappa shape index (κ3) is 1.86. The van der Waals surface area contributed by atoms with Gasteiger partial charge < -0.3 is 30.4 Å². The van der Waals surface area contributed by atoms with Gasteiger partial charge in [0.25, 0.3) is 0 Å². The fourth-order valence-electron chi connectivity index (χ4n) is 3.07. The molecule has 23 heavy (non-hydrogen) atoms. The molecule has 0 saturated carbocycles. The third-order valence-corrected chi connectivity index (χ3v) is 4.22. The lowest BCUT2D eigenvalue weighted by Gasteiger charge is -2.19. The summed E-state index contributed by atoms with van der Waals surface area (Å²) >= 11 is 0. The van der Waals surface area contributed by atoms with Gasteiger partial charge in [0.2, 0.25) is 0 Å². The standard InChI is InChI=1S/C13H16N6O4/c1-18-11-7-5(10(14)17-18)2-19(12(7)16-4-15-11)13-9(22)8(21)6(3-20)23-13/h2,4,6,8-9,13,20-22H,3H2,1H3,(H2,14,17)/t6-,8+,9-,13-/m1/s1. The summed E-state index contributed by atoms with van der Waals surface area (Å²) in [6, 6.07) is 0. The molecule has 5 N–H and O–H groups in total. The van der Waals surface area contributed by atoms with Crippen molar-refractivity contribution in [3.05, 3.63) is 18.1 Å². The molecule has 0 aliphatic carbocycles. The minimum atomic E-state index is -1.20. The highest BCUT2D eigenvalue weighted by molar-refractivity contribution is 6.13. The van der Waals surface area contributed by atoms with E-state index in [1.54, 1.807) is 22.8 Å². The number of aliphatic hydroxyl groups excluding tert-OH is 3. The zero-order valence-corrected chi connectivity index (χ0v) is 12.2. The Kier molecular flexibility index (Phi) is 3.03. The second kappa shape index (κ2) is 4.86. The maximum atomic E-state index is 10.2. The van der Waals surface area contributed by atoms with Crippen LogP contribution in [0.4, 0.5) is 5.82 Å². The molecule has 122 valence electrons. The molecule has 4 heterocycles. The number of nitrogens with zero attached hydrogens (tertiary/aromatic N) is 5. The van der Waals surface area contributed by atoms with Crippen LogP contribution in [0.25, 0.3) is 11.0 Å². The Morgan fingerprint density at radius 1 is 1.30 bits per heavy atom. The van der Waals surface area contributed by atoms with E-state index >= 15 is 0 Å². The Bertz CT molecular complexity index is 805. The molecule has 0 spiro atoms. The SMILES string of the molecule is CN1N=C(N)c2cn([C@@H]3O[C@H](CO)[C@H](O)[C@H]3O)c3ncnc1c23. The number of amidine groups is 1. The van der Waals surface area contributed by atoms with Crippen molar-refractivity contribution in [1.29, 1.82) is 0 Å². The number of anilines is 1. The number of aliphatic hydroxyl groups is 3. The van der Waals surface area contributed by atoms with Gasteiger partial charge in [-0.25, -0.2) is 15.0 Å². The molecule has 1 saturated heterocycles. The van der Waals surface area contributed by atoms with E-state index < -0.39 is 31.1 Å². The highest BCUT2D eigenvalue weighted by atomic mass is 16.6. The van der Waals surface area contributed by atoms with Crippen LogP contribution in [0.2, 0.25) is 0 Å². The molecule has 2 aliphatic rings. The molecule has 10 heteroatoms. The zero-order valence-electron chi connectivity index (χ0n) is 12.2. The first-order chi connectivity index (χ1) is 11.0. The minimum Gasteiger partial charge on any atom is -0.394 e. The van der Waals surface area contributed by atoms with Crippen LogP contribution in [0.1, 0.15) is 11.8 Å². The molecule has 2 aliphatic heterocycles. The van der Waals surface area contributed by atoms with Gasteiger partial charge in [0, 0.05) is 18.8 Å². The van der Waals surface area contributed by atoms with Gasteiger partial charge in [-0.05, 0) is 0 Å². The number of aromatic nitrogens is 3. The normalized spacial score (nSPS) is 30.1. The molecule has 2 aromatic rings. The number of hydrazone groups is 1. The van der Waals surface area contributed by atoms with E-state index in [9.17, 15) is 15.3 Å². The van der Waals surface area contributed by atoms with Gasteiger partial charge in [-0.15, -0.1) is 0 Å². The first-order valence-corrected chi connectivity index (χ1v) is 7.09. The van der Waals surface area contributed by atoms with Crippen LogP contribution in [0, 0.1) is 0 Å². The van der Waals surface area contributed by atoms with Crippen molar-refractivity contribution in [2.45, 2.75) is 24.5 Å². The summed E-state index contributed by atoms with van der Waals surface area (Å²) in [5.41, 5.74) is 7.10. The molecule has 10 nitrogen and oxygen atoms in total. The summed E-state index contributed by atoms with van der Waals surface area (Å²) in [7, 11) is 1.72. The fraction of sp³-hybridized carbons (Fsp3) is 0.462. The van der Waals surface area contributed by atoms with Crippen LogP contribution in [0.3, 0.4) is 0 Å². The maximum Gasteiger partial charge on any atom is 0.164 e. The smallest absolute Gasteiger partial charge is 0.164 e. The van der Waals surface area contributed by atoms with Gasteiger partial charge in [0.1, 0.15) is 30.3 Å². The van der Waals surface area contributed by atoms with Gasteiger partial charge in [0.15, 0.2) is 17.9 Å². The summed E-state index contributed by atoms with van der Waals surface area (Å²) in [5.74, 6) is 0.884. The highest BCUT2D eigenvalue weighted by Gasteiger charge is 2.44. The van der Waals surface area contributed by atoms with Crippen molar-refractivity contribution in [2.24, 2.45) is 10.8 Å². The van der Waals surface area contributed by atoms with Crippen LogP contribution in [-0.4, -0.2) is 67.7 Å². The fourth-order valence-corrected chi connectivity index (χ4v) is 3.07. The molecule has 0 bridgehead atoms. The topological polar surface area (TPSA) is 142 Å². The number of hydrogen-bond acceptors (Lipinski definition) is 9. The monoisotopic (exact) mass is 320 g/mol. The van der Waals surface area contributed by atoms with Crippen molar-refractivity contribution in [3.8, 4) is 0 Å². The Balaban J connectivity index is 1.89. The number of ether oxygens (including phenoxy) is 1. The van der Waals surface area contributed by atoms with Crippen molar-refractivity contribution in [3.63, 3.8) is 0 Å².